The Morgan fingerprint density at radius 1 is 1.31 bits per heavy atom. The zero-order valence-electron chi connectivity index (χ0n) is 14.4. The molecule has 1 aromatic carbocycles. The lowest BCUT2D eigenvalue weighted by atomic mass is 10.1. The van der Waals surface area contributed by atoms with E-state index in [0.29, 0.717) is 33.9 Å². The molecule has 0 N–H and O–H groups in total. The Labute approximate surface area is 158 Å². The van der Waals surface area contributed by atoms with E-state index in [4.69, 9.17) is 9.15 Å². The summed E-state index contributed by atoms with van der Waals surface area (Å²) < 4.78 is 11.8. The monoisotopic (exact) mass is 390 g/mol. The molecule has 26 heavy (non-hydrogen) atoms. The quantitative estimate of drug-likeness (QED) is 0.265. The number of ether oxygens (including phenoxy) is 1. The van der Waals surface area contributed by atoms with Crippen LogP contribution in [0.5, 0.6) is 0 Å². The van der Waals surface area contributed by atoms with E-state index < -0.39 is 5.97 Å². The average Bonchev–Trinajstić information content (AvgIpc) is 3.17. The predicted octanol–water partition coefficient (Wildman–Crippen LogP) is 3.28. The second-order valence-corrected chi connectivity index (χ2v) is 7.48. The first kappa shape index (κ1) is 18.6. The number of benzene rings is 1. The minimum absolute atomic E-state index is 0.158. The molecule has 0 aliphatic heterocycles. The predicted molar refractivity (Wildman–Crippen MR) is 104 cm³/mol. The maximum Gasteiger partial charge on any atom is 0.337 e. The van der Waals surface area contributed by atoms with Crippen molar-refractivity contribution >= 4 is 40.4 Å². The molecule has 2 heterocycles. The summed E-state index contributed by atoms with van der Waals surface area (Å²) in [7, 11) is 1.32. The Balaban J connectivity index is 2.10. The number of aromatic nitrogens is 2. The molecular weight excluding hydrogens is 372 g/mol. The molecule has 0 amide bonds. The van der Waals surface area contributed by atoms with Crippen LogP contribution >= 0.6 is 23.5 Å². The fraction of sp³-hybridized carbons (Fsp3) is 0.278. The van der Waals surface area contributed by atoms with Crippen LogP contribution < -0.4 is 5.56 Å². The highest BCUT2D eigenvalue weighted by Crippen LogP contribution is 2.21. The number of methoxy groups -OCH3 is 1. The van der Waals surface area contributed by atoms with Crippen molar-refractivity contribution < 1.29 is 13.9 Å². The van der Waals surface area contributed by atoms with Gasteiger partial charge in [0.1, 0.15) is 5.76 Å². The zero-order chi connectivity index (χ0) is 18.5. The molecule has 0 saturated carbocycles. The minimum atomic E-state index is -0.454. The Bertz CT molecular complexity index is 967. The van der Waals surface area contributed by atoms with Crippen LogP contribution in [-0.2, 0) is 11.3 Å². The summed E-state index contributed by atoms with van der Waals surface area (Å²) in [6.45, 7) is 0.315. The number of thioether (sulfide) groups is 2. The zero-order valence-corrected chi connectivity index (χ0v) is 16.1. The van der Waals surface area contributed by atoms with Crippen molar-refractivity contribution in [3.63, 3.8) is 0 Å². The molecular formula is C18H18N2O4S2. The van der Waals surface area contributed by atoms with E-state index in [-0.39, 0.29) is 5.56 Å². The number of furan rings is 1. The lowest BCUT2D eigenvalue weighted by Crippen LogP contribution is -2.24. The fourth-order valence-electron chi connectivity index (χ4n) is 2.47. The molecule has 0 unspecified atom stereocenters. The molecule has 2 aromatic heterocycles. The van der Waals surface area contributed by atoms with Gasteiger partial charge in [0.15, 0.2) is 5.16 Å². The molecule has 0 radical (unpaired) electrons. The number of carbonyl (C=O) groups is 1. The van der Waals surface area contributed by atoms with Gasteiger partial charge in [0.25, 0.3) is 5.56 Å². The van der Waals surface area contributed by atoms with Crippen molar-refractivity contribution in [3.05, 3.63) is 58.3 Å². The standard InChI is InChI=1S/C18H18N2O4S2/c1-23-17(22)12-5-6-14-15(10-12)19-18(26-9-8-25-2)20(16(14)21)11-13-4-3-7-24-13/h3-7,10H,8-9,11H2,1-2H3. The molecule has 0 fully saturated rings. The number of rotatable bonds is 7. The molecule has 0 spiro atoms. The minimum Gasteiger partial charge on any atom is -0.467 e. The third-order valence-electron chi connectivity index (χ3n) is 3.75. The van der Waals surface area contributed by atoms with Crippen LogP contribution in [0.15, 0.2) is 51.0 Å². The normalized spacial score (nSPS) is 11.0. The lowest BCUT2D eigenvalue weighted by molar-refractivity contribution is 0.0601. The van der Waals surface area contributed by atoms with E-state index in [9.17, 15) is 9.59 Å². The summed E-state index contributed by atoms with van der Waals surface area (Å²) in [5, 5.41) is 1.06. The highest BCUT2D eigenvalue weighted by molar-refractivity contribution is 8.02. The first-order chi connectivity index (χ1) is 12.6. The number of fused-ring (bicyclic) bond motifs is 1. The van der Waals surface area contributed by atoms with Crippen molar-refractivity contribution in [2.24, 2.45) is 0 Å². The Hall–Kier alpha value is -2.19. The van der Waals surface area contributed by atoms with Gasteiger partial charge in [-0.2, -0.15) is 11.8 Å². The van der Waals surface area contributed by atoms with E-state index in [1.54, 1.807) is 46.9 Å². The molecule has 0 aliphatic rings. The molecule has 6 nitrogen and oxygen atoms in total. The van der Waals surface area contributed by atoms with Crippen LogP contribution in [0, 0.1) is 0 Å². The van der Waals surface area contributed by atoms with Gasteiger partial charge in [-0.25, -0.2) is 9.78 Å². The molecule has 3 aromatic rings. The van der Waals surface area contributed by atoms with Gasteiger partial charge in [0.05, 0.1) is 36.4 Å². The smallest absolute Gasteiger partial charge is 0.337 e. The molecule has 0 bridgehead atoms. The van der Waals surface area contributed by atoms with Gasteiger partial charge in [-0.15, -0.1) is 0 Å². The van der Waals surface area contributed by atoms with E-state index >= 15 is 0 Å². The molecule has 8 heteroatoms. The third-order valence-corrected chi connectivity index (χ3v) is 5.60. The first-order valence-electron chi connectivity index (χ1n) is 7.91. The van der Waals surface area contributed by atoms with Crippen molar-refractivity contribution in [2.75, 3.05) is 24.9 Å². The highest BCUT2D eigenvalue weighted by atomic mass is 32.2. The van der Waals surface area contributed by atoms with E-state index in [1.807, 2.05) is 12.3 Å². The van der Waals surface area contributed by atoms with Crippen LogP contribution in [0.25, 0.3) is 10.9 Å². The van der Waals surface area contributed by atoms with Crippen molar-refractivity contribution in [1.29, 1.82) is 0 Å². The van der Waals surface area contributed by atoms with Gasteiger partial charge < -0.3 is 9.15 Å². The van der Waals surface area contributed by atoms with Crippen LogP contribution in [0.2, 0.25) is 0 Å². The number of carbonyl (C=O) groups excluding carboxylic acids is 1. The molecule has 3 rings (SSSR count). The summed E-state index contributed by atoms with van der Waals surface area (Å²) in [5.74, 6) is 2.01. The SMILES string of the molecule is COC(=O)c1ccc2c(=O)n(Cc3ccco3)c(SCCSC)nc2c1. The third kappa shape index (κ3) is 3.96. The largest absolute Gasteiger partial charge is 0.467 e. The van der Waals surface area contributed by atoms with Crippen LogP contribution in [0.4, 0.5) is 0 Å². The summed E-state index contributed by atoms with van der Waals surface area (Å²) in [5.41, 5.74) is 0.700. The van der Waals surface area contributed by atoms with Crippen LogP contribution in [0.1, 0.15) is 16.1 Å². The summed E-state index contributed by atoms with van der Waals surface area (Å²) in [6, 6.07) is 8.41. The number of nitrogens with zero attached hydrogens (tertiary/aromatic N) is 2. The maximum atomic E-state index is 13.0. The number of hydrogen-bond acceptors (Lipinski definition) is 7. The van der Waals surface area contributed by atoms with Gasteiger partial charge >= 0.3 is 5.97 Å². The van der Waals surface area contributed by atoms with Gasteiger partial charge in [0.2, 0.25) is 0 Å². The molecule has 0 saturated heterocycles. The number of hydrogen-bond donors (Lipinski definition) is 0. The molecule has 0 atom stereocenters. The van der Waals surface area contributed by atoms with Crippen molar-refractivity contribution in [1.82, 2.24) is 9.55 Å². The summed E-state index contributed by atoms with van der Waals surface area (Å²) in [4.78, 5) is 29.4. The fourth-order valence-corrected chi connectivity index (χ4v) is 4.12. The average molecular weight is 390 g/mol. The second-order valence-electron chi connectivity index (χ2n) is 5.43. The molecule has 136 valence electrons. The van der Waals surface area contributed by atoms with E-state index in [1.165, 1.54) is 18.9 Å². The van der Waals surface area contributed by atoms with Crippen molar-refractivity contribution in [2.45, 2.75) is 11.7 Å². The van der Waals surface area contributed by atoms with Gasteiger partial charge in [-0.3, -0.25) is 9.36 Å². The van der Waals surface area contributed by atoms with E-state index in [0.717, 1.165) is 11.5 Å². The topological polar surface area (TPSA) is 74.3 Å². The Morgan fingerprint density at radius 2 is 2.15 bits per heavy atom. The summed E-state index contributed by atoms with van der Waals surface area (Å²) in [6.07, 6.45) is 3.62. The number of esters is 1. The first-order valence-corrected chi connectivity index (χ1v) is 10.3. The van der Waals surface area contributed by atoms with Gasteiger partial charge in [-0.05, 0) is 36.6 Å². The lowest BCUT2D eigenvalue weighted by Gasteiger charge is -2.12. The molecule has 0 aliphatic carbocycles. The summed E-state index contributed by atoms with van der Waals surface area (Å²) >= 11 is 3.25. The van der Waals surface area contributed by atoms with Crippen molar-refractivity contribution in [3.8, 4) is 0 Å². The van der Waals surface area contributed by atoms with Gasteiger partial charge in [0, 0.05) is 11.5 Å². The van der Waals surface area contributed by atoms with E-state index in [2.05, 4.69) is 4.98 Å². The second kappa shape index (κ2) is 8.46. The Morgan fingerprint density at radius 3 is 2.85 bits per heavy atom. The van der Waals surface area contributed by atoms with Crippen LogP contribution in [-0.4, -0.2) is 40.4 Å². The highest BCUT2D eigenvalue weighted by Gasteiger charge is 2.15. The van der Waals surface area contributed by atoms with Crippen LogP contribution in [0.3, 0.4) is 0 Å². The van der Waals surface area contributed by atoms with Gasteiger partial charge in [-0.1, -0.05) is 11.8 Å². The maximum absolute atomic E-state index is 13.0. The Kier molecular flexibility index (Phi) is 6.05.